The normalized spacial score (nSPS) is 14.0. The molecular formula is C22H30F3N3O5S. The lowest BCUT2D eigenvalue weighted by molar-refractivity contribution is -0.145. The zero-order chi connectivity index (χ0) is 25.7. The van der Waals surface area contributed by atoms with Crippen molar-refractivity contribution in [3.05, 3.63) is 35.9 Å². The number of benzene rings is 1. The van der Waals surface area contributed by atoms with Gasteiger partial charge in [0.15, 0.2) is 0 Å². The Morgan fingerprint density at radius 3 is 2.15 bits per heavy atom. The molecule has 0 aliphatic rings. The van der Waals surface area contributed by atoms with E-state index in [2.05, 4.69) is 16.0 Å². The molecule has 0 spiro atoms. The maximum Gasteiger partial charge on any atom is 0.441 e. The maximum absolute atomic E-state index is 13.0. The number of esters is 1. The Morgan fingerprint density at radius 1 is 1.03 bits per heavy atom. The van der Waals surface area contributed by atoms with Gasteiger partial charge >= 0.3 is 11.5 Å². The number of hydrogen-bond donors (Lipinski definition) is 3. The fourth-order valence-electron chi connectivity index (χ4n) is 3.10. The number of nitrogens with one attached hydrogen (secondary N) is 3. The predicted molar refractivity (Wildman–Crippen MR) is 122 cm³/mol. The summed E-state index contributed by atoms with van der Waals surface area (Å²) in [5, 5.41) is 7.27. The van der Waals surface area contributed by atoms with Crippen molar-refractivity contribution in [2.24, 2.45) is 5.92 Å². The van der Waals surface area contributed by atoms with E-state index in [1.165, 1.54) is 7.11 Å². The lowest BCUT2D eigenvalue weighted by Crippen LogP contribution is -2.56. The summed E-state index contributed by atoms with van der Waals surface area (Å²) in [6, 6.07) is 5.58. The second-order valence-electron chi connectivity index (χ2n) is 7.88. The number of halogens is 3. The highest BCUT2D eigenvalue weighted by atomic mass is 32.2. The van der Waals surface area contributed by atoms with E-state index in [4.69, 9.17) is 4.74 Å². The van der Waals surface area contributed by atoms with Crippen molar-refractivity contribution >= 4 is 36.0 Å². The summed E-state index contributed by atoms with van der Waals surface area (Å²) < 4.78 is 42.0. The SMILES string of the molecule is COC(=O)[C@H](Cc1ccccc1)NC(=O)[C@H](CC(C)C)NC(=O)C(CCSC(F)(F)F)NC=O. The highest BCUT2D eigenvalue weighted by Crippen LogP contribution is 2.30. The first-order valence-corrected chi connectivity index (χ1v) is 11.6. The second-order valence-corrected chi connectivity index (χ2v) is 9.04. The first-order valence-electron chi connectivity index (χ1n) is 10.6. The van der Waals surface area contributed by atoms with Gasteiger partial charge in [0.05, 0.1) is 7.11 Å². The Bertz CT molecular complexity index is 809. The Hall–Kier alpha value is -2.76. The minimum absolute atomic E-state index is 0.0417. The zero-order valence-electron chi connectivity index (χ0n) is 19.2. The van der Waals surface area contributed by atoms with E-state index < -0.39 is 47.2 Å². The Balaban J connectivity index is 2.92. The van der Waals surface area contributed by atoms with Crippen LogP contribution in [0.15, 0.2) is 30.3 Å². The number of thioether (sulfide) groups is 1. The van der Waals surface area contributed by atoms with Gasteiger partial charge in [-0.3, -0.25) is 14.4 Å². The monoisotopic (exact) mass is 505 g/mol. The lowest BCUT2D eigenvalue weighted by Gasteiger charge is -2.25. The molecule has 0 fully saturated rings. The third-order valence-electron chi connectivity index (χ3n) is 4.68. The van der Waals surface area contributed by atoms with Crippen LogP contribution in [-0.4, -0.2) is 60.7 Å². The number of ether oxygens (including phenoxy) is 1. The number of methoxy groups -OCH3 is 1. The van der Waals surface area contributed by atoms with Crippen LogP contribution in [0.5, 0.6) is 0 Å². The molecule has 1 aromatic rings. The molecular weight excluding hydrogens is 475 g/mol. The van der Waals surface area contributed by atoms with Gasteiger partial charge in [-0.05, 0) is 24.3 Å². The minimum Gasteiger partial charge on any atom is -0.467 e. The quantitative estimate of drug-likeness (QED) is 0.264. The number of carbonyl (C=O) groups is 4. The van der Waals surface area contributed by atoms with Gasteiger partial charge in [0.25, 0.3) is 0 Å². The van der Waals surface area contributed by atoms with E-state index in [0.717, 1.165) is 5.56 Å². The molecule has 0 aliphatic heterocycles. The van der Waals surface area contributed by atoms with Gasteiger partial charge < -0.3 is 20.7 Å². The molecule has 190 valence electrons. The number of carbonyl (C=O) groups excluding carboxylic acids is 4. The van der Waals surface area contributed by atoms with Crippen molar-refractivity contribution in [3.8, 4) is 0 Å². The summed E-state index contributed by atoms with van der Waals surface area (Å²) in [5.74, 6) is -2.61. The molecule has 3 amide bonds. The molecule has 0 bridgehead atoms. The van der Waals surface area contributed by atoms with E-state index in [1.54, 1.807) is 30.3 Å². The summed E-state index contributed by atoms with van der Waals surface area (Å²) >= 11 is -0.311. The first-order chi connectivity index (χ1) is 16.0. The molecule has 0 radical (unpaired) electrons. The highest BCUT2D eigenvalue weighted by molar-refractivity contribution is 8.00. The van der Waals surface area contributed by atoms with Crippen LogP contribution in [0, 0.1) is 5.92 Å². The van der Waals surface area contributed by atoms with Gasteiger partial charge in [0.1, 0.15) is 18.1 Å². The van der Waals surface area contributed by atoms with Crippen LogP contribution in [-0.2, 0) is 30.3 Å². The molecule has 1 aromatic carbocycles. The molecule has 34 heavy (non-hydrogen) atoms. The van der Waals surface area contributed by atoms with Gasteiger partial charge in [-0.25, -0.2) is 4.79 Å². The van der Waals surface area contributed by atoms with Crippen molar-refractivity contribution in [1.82, 2.24) is 16.0 Å². The highest BCUT2D eigenvalue weighted by Gasteiger charge is 2.32. The second kappa shape index (κ2) is 14.5. The van der Waals surface area contributed by atoms with Gasteiger partial charge in [-0.15, -0.1) is 0 Å². The molecule has 0 aliphatic carbocycles. The molecule has 1 unspecified atom stereocenters. The van der Waals surface area contributed by atoms with Crippen LogP contribution in [0.1, 0.15) is 32.3 Å². The Morgan fingerprint density at radius 2 is 1.62 bits per heavy atom. The third-order valence-corrected chi connectivity index (χ3v) is 5.45. The largest absolute Gasteiger partial charge is 0.467 e. The van der Waals surface area contributed by atoms with Crippen LogP contribution < -0.4 is 16.0 Å². The lowest BCUT2D eigenvalue weighted by atomic mass is 10.0. The van der Waals surface area contributed by atoms with E-state index in [0.29, 0.717) is 0 Å². The molecule has 1 rings (SSSR count). The van der Waals surface area contributed by atoms with E-state index in [1.807, 2.05) is 13.8 Å². The van der Waals surface area contributed by atoms with Crippen LogP contribution in [0.2, 0.25) is 0 Å². The van der Waals surface area contributed by atoms with Crippen molar-refractivity contribution in [2.45, 2.75) is 56.7 Å². The van der Waals surface area contributed by atoms with Crippen LogP contribution >= 0.6 is 11.8 Å². The maximum atomic E-state index is 13.0. The van der Waals surface area contributed by atoms with E-state index in [-0.39, 0.29) is 43.4 Å². The van der Waals surface area contributed by atoms with Crippen LogP contribution in [0.25, 0.3) is 0 Å². The van der Waals surface area contributed by atoms with Gasteiger partial charge in [-0.2, -0.15) is 13.2 Å². The minimum atomic E-state index is -4.47. The average Bonchev–Trinajstić information content (AvgIpc) is 2.76. The molecule has 0 heterocycles. The van der Waals surface area contributed by atoms with Crippen LogP contribution in [0.4, 0.5) is 13.2 Å². The summed E-state index contributed by atoms with van der Waals surface area (Å²) in [6.07, 6.45) is 0.282. The molecule has 3 atom stereocenters. The van der Waals surface area contributed by atoms with Gasteiger partial charge in [0.2, 0.25) is 18.2 Å². The number of rotatable bonds is 14. The molecule has 3 N–H and O–H groups in total. The van der Waals surface area contributed by atoms with E-state index in [9.17, 15) is 32.3 Å². The molecule has 0 saturated carbocycles. The zero-order valence-corrected chi connectivity index (χ0v) is 20.0. The van der Waals surface area contributed by atoms with Gasteiger partial charge in [-0.1, -0.05) is 55.9 Å². The molecule has 12 heteroatoms. The van der Waals surface area contributed by atoms with Crippen molar-refractivity contribution in [3.63, 3.8) is 0 Å². The standard InChI is InChI=1S/C22H30F3N3O5S/c1-14(2)11-17(27-19(30)16(26-13-29)9-10-34-22(23,24)25)20(31)28-18(21(32)33-3)12-15-7-5-4-6-8-15/h4-8,13-14,16-18H,9-12H2,1-3H3,(H,26,29)(H,27,30)(H,28,31)/t16?,17-,18-/m0/s1. The predicted octanol–water partition coefficient (Wildman–Crippen LogP) is 2.18. The molecule has 8 nitrogen and oxygen atoms in total. The van der Waals surface area contributed by atoms with Crippen LogP contribution in [0.3, 0.4) is 0 Å². The Kier molecular flexibility index (Phi) is 12.5. The van der Waals surface area contributed by atoms with Crippen molar-refractivity contribution in [1.29, 1.82) is 0 Å². The van der Waals surface area contributed by atoms with Crippen molar-refractivity contribution < 1.29 is 37.1 Å². The number of alkyl halides is 3. The van der Waals surface area contributed by atoms with Gasteiger partial charge in [0, 0.05) is 12.2 Å². The summed E-state index contributed by atoms with van der Waals surface area (Å²) in [5.41, 5.74) is -3.69. The fourth-order valence-corrected chi connectivity index (χ4v) is 3.68. The van der Waals surface area contributed by atoms with E-state index >= 15 is 0 Å². The summed E-state index contributed by atoms with van der Waals surface area (Å²) in [6.45, 7) is 3.63. The third kappa shape index (κ3) is 11.4. The van der Waals surface area contributed by atoms with Crippen molar-refractivity contribution in [2.75, 3.05) is 12.9 Å². The summed E-state index contributed by atoms with van der Waals surface area (Å²) in [4.78, 5) is 48.7. The number of hydrogen-bond acceptors (Lipinski definition) is 6. The smallest absolute Gasteiger partial charge is 0.441 e. The topological polar surface area (TPSA) is 114 Å². The number of amides is 3. The average molecular weight is 506 g/mol. The Labute approximate surface area is 200 Å². The molecule has 0 aromatic heterocycles. The fraction of sp³-hybridized carbons (Fsp3) is 0.545. The molecule has 0 saturated heterocycles. The first kappa shape index (κ1) is 29.3. The summed E-state index contributed by atoms with van der Waals surface area (Å²) in [7, 11) is 1.19.